The number of piperidine rings is 1. The van der Waals surface area contributed by atoms with Gasteiger partial charge < -0.3 is 15.0 Å². The van der Waals surface area contributed by atoms with E-state index in [9.17, 15) is 13.2 Å². The zero-order chi connectivity index (χ0) is 21.6. The minimum atomic E-state index is -3.36. The number of carbonyl (C=O) groups is 1. The molecule has 7 nitrogen and oxygen atoms in total. The average molecular weight is 438 g/mol. The molecule has 2 fully saturated rings. The fourth-order valence-electron chi connectivity index (χ4n) is 4.70. The van der Waals surface area contributed by atoms with Crippen LogP contribution < -0.4 is 10.0 Å². The topological polar surface area (TPSA) is 87.7 Å². The van der Waals surface area contributed by atoms with Crippen molar-refractivity contribution in [2.45, 2.75) is 69.6 Å². The Hall–Kier alpha value is -1.64. The summed E-state index contributed by atoms with van der Waals surface area (Å²) in [6.45, 7) is 3.38. The molecule has 0 aromatic heterocycles. The first-order valence-electron chi connectivity index (χ1n) is 11.1. The van der Waals surface area contributed by atoms with Gasteiger partial charge in [0, 0.05) is 19.1 Å². The van der Waals surface area contributed by atoms with Crippen LogP contribution in [0.3, 0.4) is 0 Å². The van der Waals surface area contributed by atoms with E-state index >= 15 is 0 Å². The molecule has 3 rings (SSSR count). The van der Waals surface area contributed by atoms with Crippen molar-refractivity contribution in [2.75, 3.05) is 26.0 Å². The molecule has 2 aliphatic rings. The lowest BCUT2D eigenvalue weighted by molar-refractivity contribution is -0.0173. The van der Waals surface area contributed by atoms with Crippen LogP contribution in [0.25, 0.3) is 0 Å². The maximum Gasteiger partial charge on any atom is 0.317 e. The van der Waals surface area contributed by atoms with Gasteiger partial charge in [0.25, 0.3) is 0 Å². The molecule has 1 aliphatic heterocycles. The first kappa shape index (κ1) is 23.0. The molecule has 1 aliphatic carbocycles. The molecule has 30 heavy (non-hydrogen) atoms. The number of nitrogens with zero attached hydrogens (tertiary/aromatic N) is 1. The van der Waals surface area contributed by atoms with Crippen molar-refractivity contribution in [1.82, 2.24) is 14.9 Å². The smallest absolute Gasteiger partial charge is 0.317 e. The highest BCUT2D eigenvalue weighted by molar-refractivity contribution is 7.88. The Kier molecular flexibility index (Phi) is 8.13. The molecule has 2 amide bonds. The summed E-state index contributed by atoms with van der Waals surface area (Å²) in [4.78, 5) is 14.3. The second kappa shape index (κ2) is 10.6. The van der Waals surface area contributed by atoms with Crippen molar-refractivity contribution in [3.8, 4) is 0 Å². The molecular weight excluding hydrogens is 402 g/mol. The lowest BCUT2D eigenvalue weighted by Gasteiger charge is -2.42. The lowest BCUT2D eigenvalue weighted by atomic mass is 9.83. The summed E-state index contributed by atoms with van der Waals surface area (Å²) < 4.78 is 32.7. The number of amides is 2. The Labute approximate surface area is 180 Å². The second-order valence-electron chi connectivity index (χ2n) is 8.45. The quantitative estimate of drug-likeness (QED) is 0.687. The number of sulfonamides is 1. The highest BCUT2D eigenvalue weighted by Gasteiger charge is 2.36. The number of urea groups is 1. The Morgan fingerprint density at radius 2 is 1.83 bits per heavy atom. The van der Waals surface area contributed by atoms with E-state index in [2.05, 4.69) is 34.3 Å². The summed E-state index contributed by atoms with van der Waals surface area (Å²) in [5.74, 6) is 0.576. The van der Waals surface area contributed by atoms with Gasteiger partial charge in [-0.25, -0.2) is 17.9 Å². The van der Waals surface area contributed by atoms with E-state index < -0.39 is 10.0 Å². The number of hydrogen-bond acceptors (Lipinski definition) is 4. The van der Waals surface area contributed by atoms with E-state index in [0.29, 0.717) is 32.0 Å². The van der Waals surface area contributed by atoms with Crippen molar-refractivity contribution < 1.29 is 17.9 Å². The third kappa shape index (κ3) is 6.43. The summed E-state index contributed by atoms with van der Waals surface area (Å²) in [6, 6.07) is 9.84. The number of benzene rings is 1. The van der Waals surface area contributed by atoms with E-state index in [1.807, 2.05) is 13.0 Å². The van der Waals surface area contributed by atoms with Crippen molar-refractivity contribution in [2.24, 2.45) is 0 Å². The molecule has 1 unspecified atom stereocenters. The number of likely N-dealkylation sites (tertiary alicyclic amines) is 1. The first-order valence-corrected chi connectivity index (χ1v) is 12.9. The summed E-state index contributed by atoms with van der Waals surface area (Å²) in [7, 11) is -3.36. The maximum atomic E-state index is 12.6. The van der Waals surface area contributed by atoms with Crippen molar-refractivity contribution >= 4 is 16.1 Å². The molecule has 2 N–H and O–H groups in total. The minimum Gasteiger partial charge on any atom is -0.376 e. The van der Waals surface area contributed by atoms with Gasteiger partial charge in [-0.3, -0.25) is 0 Å². The van der Waals surface area contributed by atoms with Gasteiger partial charge in [0.05, 0.1) is 25.0 Å². The van der Waals surface area contributed by atoms with E-state index in [4.69, 9.17) is 4.74 Å². The van der Waals surface area contributed by atoms with Crippen LogP contribution in [-0.2, 0) is 14.8 Å². The van der Waals surface area contributed by atoms with Gasteiger partial charge in [-0.05, 0) is 56.9 Å². The lowest BCUT2D eigenvalue weighted by Crippen LogP contribution is -2.60. The number of ether oxygens (including phenoxy) is 1. The first-order chi connectivity index (χ1) is 14.4. The normalized spacial score (nSPS) is 27.6. The Morgan fingerprint density at radius 3 is 2.47 bits per heavy atom. The van der Waals surface area contributed by atoms with Gasteiger partial charge in [0.15, 0.2) is 0 Å². The average Bonchev–Trinajstić information content (AvgIpc) is 2.73. The third-order valence-corrected chi connectivity index (χ3v) is 6.91. The fourth-order valence-corrected chi connectivity index (χ4v) is 5.53. The molecule has 8 heteroatoms. The van der Waals surface area contributed by atoms with Crippen LogP contribution in [0.1, 0.15) is 56.9 Å². The van der Waals surface area contributed by atoms with Crippen LogP contribution in [0.4, 0.5) is 4.79 Å². The molecule has 0 bridgehead atoms. The minimum absolute atomic E-state index is 0.154. The summed E-state index contributed by atoms with van der Waals surface area (Å²) in [6.07, 6.45) is 6.94. The highest BCUT2D eigenvalue weighted by atomic mass is 32.2. The number of hydrogen-bond donors (Lipinski definition) is 2. The third-order valence-electron chi connectivity index (χ3n) is 6.18. The van der Waals surface area contributed by atoms with E-state index in [0.717, 1.165) is 32.1 Å². The molecule has 1 saturated carbocycles. The molecule has 1 heterocycles. The number of nitrogens with one attached hydrogen (secondary N) is 2. The standard InChI is InChI=1S/C22H35N3O4S/c1-3-23-22(26)25-15-7-10-20(24-30(2,27)28)21(25)16-29-19-13-11-18(12-14-19)17-8-5-4-6-9-17/h4-6,8-9,18-21,24H,3,7,10-16H2,1-2H3,(H,23,26)/t18?,19?,20?,21-/m0/s1. The molecule has 1 saturated heterocycles. The molecule has 0 radical (unpaired) electrons. The van der Waals surface area contributed by atoms with Crippen LogP contribution in [0, 0.1) is 0 Å². The monoisotopic (exact) mass is 437 g/mol. The van der Waals surface area contributed by atoms with Gasteiger partial charge in [0.1, 0.15) is 0 Å². The molecule has 168 valence electrons. The predicted octanol–water partition coefficient (Wildman–Crippen LogP) is 2.84. The van der Waals surface area contributed by atoms with E-state index in [1.54, 1.807) is 4.90 Å². The Balaban J connectivity index is 1.59. The zero-order valence-corrected chi connectivity index (χ0v) is 18.9. The number of carbonyl (C=O) groups excluding carboxylic acids is 1. The molecule has 1 aromatic rings. The van der Waals surface area contributed by atoms with Crippen LogP contribution in [0.2, 0.25) is 0 Å². The van der Waals surface area contributed by atoms with Crippen molar-refractivity contribution in [1.29, 1.82) is 0 Å². The van der Waals surface area contributed by atoms with Crippen LogP contribution in [0.15, 0.2) is 30.3 Å². The van der Waals surface area contributed by atoms with Gasteiger partial charge in [-0.1, -0.05) is 30.3 Å². The predicted molar refractivity (Wildman–Crippen MR) is 118 cm³/mol. The second-order valence-corrected chi connectivity index (χ2v) is 10.2. The van der Waals surface area contributed by atoms with Crippen molar-refractivity contribution in [3.63, 3.8) is 0 Å². The van der Waals surface area contributed by atoms with Gasteiger partial charge in [0.2, 0.25) is 10.0 Å². The molecular formula is C22H35N3O4S. The van der Waals surface area contributed by atoms with Crippen molar-refractivity contribution in [3.05, 3.63) is 35.9 Å². The summed E-state index contributed by atoms with van der Waals surface area (Å²) in [5.41, 5.74) is 1.39. The van der Waals surface area contributed by atoms with E-state index in [-0.39, 0.29) is 24.2 Å². The fraction of sp³-hybridized carbons (Fsp3) is 0.682. The zero-order valence-electron chi connectivity index (χ0n) is 18.0. The largest absolute Gasteiger partial charge is 0.376 e. The summed E-state index contributed by atoms with van der Waals surface area (Å²) >= 11 is 0. The highest BCUT2D eigenvalue weighted by Crippen LogP contribution is 2.34. The number of rotatable bonds is 7. The van der Waals surface area contributed by atoms with Gasteiger partial charge in [-0.2, -0.15) is 0 Å². The van der Waals surface area contributed by atoms with Crippen LogP contribution in [0.5, 0.6) is 0 Å². The Morgan fingerprint density at radius 1 is 1.13 bits per heavy atom. The van der Waals surface area contributed by atoms with Crippen LogP contribution >= 0.6 is 0 Å². The van der Waals surface area contributed by atoms with Crippen LogP contribution in [-0.4, -0.2) is 63.5 Å². The molecule has 0 spiro atoms. The van der Waals surface area contributed by atoms with Gasteiger partial charge >= 0.3 is 6.03 Å². The molecule has 1 aromatic carbocycles. The summed E-state index contributed by atoms with van der Waals surface area (Å²) in [5, 5.41) is 2.84. The van der Waals surface area contributed by atoms with Gasteiger partial charge in [-0.15, -0.1) is 0 Å². The van der Waals surface area contributed by atoms with E-state index in [1.165, 1.54) is 11.8 Å². The SMILES string of the molecule is CCNC(=O)N1CCCC(NS(C)(=O)=O)[C@@H]1COC1CCC(c2ccccc2)CC1. The Bertz CT molecular complexity index is 779. The maximum absolute atomic E-state index is 12.6. The molecule has 2 atom stereocenters.